The van der Waals surface area contributed by atoms with Gasteiger partial charge in [0.2, 0.25) is 0 Å². The fourth-order valence-electron chi connectivity index (χ4n) is 2.86. The molecule has 4 nitrogen and oxygen atoms in total. The summed E-state index contributed by atoms with van der Waals surface area (Å²) in [4.78, 5) is 17.2. The molecule has 27 heavy (non-hydrogen) atoms. The Morgan fingerprint density at radius 2 is 2.15 bits per heavy atom. The van der Waals surface area contributed by atoms with Gasteiger partial charge in [-0.15, -0.1) is 0 Å². The van der Waals surface area contributed by atoms with E-state index in [-0.39, 0.29) is 11.1 Å². The molecule has 2 aromatic heterocycles. The molecule has 0 atom stereocenters. The van der Waals surface area contributed by atoms with Crippen molar-refractivity contribution in [2.45, 2.75) is 13.3 Å². The molecule has 2 aromatic rings. The van der Waals surface area contributed by atoms with E-state index < -0.39 is 5.83 Å². The van der Waals surface area contributed by atoms with Crippen LogP contribution in [0.5, 0.6) is 0 Å². The predicted molar refractivity (Wildman–Crippen MR) is 110 cm³/mol. The highest BCUT2D eigenvalue weighted by atomic mass is 19.1. The maximum absolute atomic E-state index is 13.8. The Kier molecular flexibility index (Phi) is 5.31. The van der Waals surface area contributed by atoms with Crippen LogP contribution in [-0.4, -0.2) is 9.55 Å². The summed E-state index contributed by atoms with van der Waals surface area (Å²) in [6.45, 7) is 8.80. The van der Waals surface area contributed by atoms with Gasteiger partial charge in [-0.1, -0.05) is 43.5 Å². The lowest BCUT2D eigenvalue weighted by Gasteiger charge is -2.20. The number of nitrogens with zero attached hydrogens (tertiary/aromatic N) is 2. The quantitative estimate of drug-likeness (QED) is 0.760. The first-order chi connectivity index (χ1) is 13.0. The van der Waals surface area contributed by atoms with Crippen molar-refractivity contribution in [3.63, 3.8) is 0 Å². The van der Waals surface area contributed by atoms with Crippen LogP contribution in [0.3, 0.4) is 0 Å². The second kappa shape index (κ2) is 7.83. The second-order valence-electron chi connectivity index (χ2n) is 6.07. The van der Waals surface area contributed by atoms with Gasteiger partial charge in [0, 0.05) is 23.9 Å². The second-order valence-corrected chi connectivity index (χ2v) is 6.07. The van der Waals surface area contributed by atoms with Gasteiger partial charge in [0.05, 0.1) is 11.1 Å². The lowest BCUT2D eigenvalue weighted by Crippen LogP contribution is -2.16. The zero-order valence-corrected chi connectivity index (χ0v) is 15.1. The Labute approximate surface area is 157 Å². The average Bonchev–Trinajstić information content (AvgIpc) is 2.90. The SMILES string of the molecule is C=C/C=C(/Nc1cc(=O)c2ccc(C)nc2n1C1=CC=CC=CC1)C(=C)F. The molecular formula is C22H20FN3O. The Bertz CT molecular complexity index is 1100. The molecule has 0 unspecified atom stereocenters. The van der Waals surface area contributed by atoms with Crippen LogP contribution >= 0.6 is 0 Å². The van der Waals surface area contributed by atoms with Gasteiger partial charge < -0.3 is 5.32 Å². The highest BCUT2D eigenvalue weighted by molar-refractivity contribution is 5.83. The minimum Gasteiger partial charge on any atom is -0.339 e. The summed E-state index contributed by atoms with van der Waals surface area (Å²) in [5.74, 6) is -0.242. The van der Waals surface area contributed by atoms with E-state index in [0.29, 0.717) is 23.3 Å². The first-order valence-corrected chi connectivity index (χ1v) is 8.52. The van der Waals surface area contributed by atoms with Crippen molar-refractivity contribution < 1.29 is 4.39 Å². The van der Waals surface area contributed by atoms with Crippen LogP contribution in [0, 0.1) is 6.92 Å². The minimum atomic E-state index is -0.652. The zero-order valence-electron chi connectivity index (χ0n) is 15.1. The van der Waals surface area contributed by atoms with Crippen LogP contribution < -0.4 is 10.7 Å². The first-order valence-electron chi connectivity index (χ1n) is 8.52. The molecular weight excluding hydrogens is 341 g/mol. The standard InChI is InChI=1S/C22H20FN3O/c1-4-9-19(16(3)23)25-21-14-20(27)18-13-12-15(2)24-22(18)26(21)17-10-7-5-6-8-11-17/h4-10,12-14,25H,1,3,11H2,2H3/b19-9+. The van der Waals surface area contributed by atoms with Gasteiger partial charge >= 0.3 is 0 Å². The van der Waals surface area contributed by atoms with Crippen molar-refractivity contribution >= 4 is 22.5 Å². The molecule has 0 saturated carbocycles. The molecule has 5 heteroatoms. The normalized spacial score (nSPS) is 14.0. The van der Waals surface area contributed by atoms with Gasteiger partial charge in [-0.2, -0.15) is 0 Å². The first kappa shape index (κ1) is 18.3. The third-order valence-corrected chi connectivity index (χ3v) is 4.10. The molecule has 0 bridgehead atoms. The van der Waals surface area contributed by atoms with Crippen LogP contribution in [0.15, 0.2) is 90.2 Å². The van der Waals surface area contributed by atoms with E-state index >= 15 is 0 Å². The number of nitrogens with one attached hydrogen (secondary N) is 1. The number of hydrogen-bond acceptors (Lipinski definition) is 3. The van der Waals surface area contributed by atoms with E-state index in [1.807, 2.05) is 41.9 Å². The van der Waals surface area contributed by atoms with E-state index in [1.165, 1.54) is 18.2 Å². The fraction of sp³-hybridized carbons (Fsp3) is 0.0909. The molecule has 136 valence electrons. The number of rotatable bonds is 5. The maximum Gasteiger partial charge on any atom is 0.193 e. The van der Waals surface area contributed by atoms with Crippen LogP contribution in [0.1, 0.15) is 12.1 Å². The largest absolute Gasteiger partial charge is 0.339 e. The van der Waals surface area contributed by atoms with E-state index in [0.717, 1.165) is 11.4 Å². The average molecular weight is 361 g/mol. The number of anilines is 1. The summed E-state index contributed by atoms with van der Waals surface area (Å²) in [6.07, 6.45) is 13.3. The smallest absolute Gasteiger partial charge is 0.193 e. The van der Waals surface area contributed by atoms with E-state index in [4.69, 9.17) is 0 Å². The molecule has 1 aliphatic carbocycles. The molecule has 2 heterocycles. The summed E-state index contributed by atoms with van der Waals surface area (Å²) >= 11 is 0. The van der Waals surface area contributed by atoms with Gasteiger partial charge in [0.1, 0.15) is 17.3 Å². The molecule has 0 aromatic carbocycles. The predicted octanol–water partition coefficient (Wildman–Crippen LogP) is 5.03. The van der Waals surface area contributed by atoms with E-state index in [1.54, 1.807) is 12.1 Å². The van der Waals surface area contributed by atoms with Crippen molar-refractivity contribution in [3.05, 3.63) is 101 Å². The highest BCUT2D eigenvalue weighted by Crippen LogP contribution is 2.26. The number of aromatic nitrogens is 2. The van der Waals surface area contributed by atoms with Crippen LogP contribution in [0.4, 0.5) is 10.2 Å². The summed E-state index contributed by atoms with van der Waals surface area (Å²) in [6, 6.07) is 5.01. The zero-order chi connectivity index (χ0) is 19.4. The van der Waals surface area contributed by atoms with Gasteiger partial charge in [-0.05, 0) is 31.2 Å². The van der Waals surface area contributed by atoms with Crippen LogP contribution in [0.25, 0.3) is 16.7 Å². The Balaban J connectivity index is 2.32. The molecule has 1 aliphatic rings. The molecule has 0 spiro atoms. The summed E-state index contributed by atoms with van der Waals surface area (Å²) in [7, 11) is 0. The van der Waals surface area contributed by atoms with Crippen molar-refractivity contribution in [1.29, 1.82) is 0 Å². The third-order valence-electron chi connectivity index (χ3n) is 4.10. The Morgan fingerprint density at radius 1 is 1.33 bits per heavy atom. The lowest BCUT2D eigenvalue weighted by atomic mass is 10.2. The van der Waals surface area contributed by atoms with Gasteiger partial charge in [-0.25, -0.2) is 9.37 Å². The number of aryl methyl sites for hydroxylation is 1. The lowest BCUT2D eigenvalue weighted by molar-refractivity contribution is 0.657. The molecule has 0 radical (unpaired) electrons. The topological polar surface area (TPSA) is 46.9 Å². The fourth-order valence-corrected chi connectivity index (χ4v) is 2.86. The number of allylic oxidation sites excluding steroid dienone is 9. The number of hydrogen-bond donors (Lipinski definition) is 1. The Morgan fingerprint density at radius 3 is 2.89 bits per heavy atom. The number of halogens is 1. The molecule has 0 amide bonds. The van der Waals surface area contributed by atoms with Gasteiger partial charge in [0.25, 0.3) is 0 Å². The maximum atomic E-state index is 13.8. The van der Waals surface area contributed by atoms with Crippen molar-refractivity contribution in [2.75, 3.05) is 5.32 Å². The Hall–Kier alpha value is -3.47. The third kappa shape index (κ3) is 3.87. The van der Waals surface area contributed by atoms with E-state index in [9.17, 15) is 9.18 Å². The summed E-state index contributed by atoms with van der Waals surface area (Å²) in [5, 5.41) is 3.47. The van der Waals surface area contributed by atoms with Crippen molar-refractivity contribution in [2.24, 2.45) is 0 Å². The molecule has 1 N–H and O–H groups in total. The highest BCUT2D eigenvalue weighted by Gasteiger charge is 2.15. The summed E-state index contributed by atoms with van der Waals surface area (Å²) < 4.78 is 15.7. The molecule has 3 rings (SSSR count). The van der Waals surface area contributed by atoms with E-state index in [2.05, 4.69) is 23.5 Å². The molecule has 0 saturated heterocycles. The van der Waals surface area contributed by atoms with Crippen LogP contribution in [0.2, 0.25) is 0 Å². The monoisotopic (exact) mass is 361 g/mol. The van der Waals surface area contributed by atoms with Crippen molar-refractivity contribution in [1.82, 2.24) is 9.55 Å². The molecule has 0 fully saturated rings. The number of pyridine rings is 2. The number of fused-ring (bicyclic) bond motifs is 1. The van der Waals surface area contributed by atoms with Crippen LogP contribution in [-0.2, 0) is 0 Å². The van der Waals surface area contributed by atoms with Crippen molar-refractivity contribution in [3.8, 4) is 0 Å². The summed E-state index contributed by atoms with van der Waals surface area (Å²) in [5.41, 5.74) is 2.13. The van der Waals surface area contributed by atoms with Gasteiger partial charge in [-0.3, -0.25) is 9.36 Å². The van der Waals surface area contributed by atoms with Gasteiger partial charge in [0.15, 0.2) is 5.43 Å². The minimum absolute atomic E-state index is 0.130. The molecule has 0 aliphatic heterocycles.